The van der Waals surface area contributed by atoms with Gasteiger partial charge in [0.2, 0.25) is 0 Å². The molecule has 0 radical (unpaired) electrons. The van der Waals surface area contributed by atoms with Crippen molar-refractivity contribution in [2.75, 3.05) is 0 Å². The molecule has 0 spiro atoms. The minimum Gasteiger partial charge on any atom is -0.755 e. The molecule has 35 heavy (non-hydrogen) atoms. The second-order valence-corrected chi connectivity index (χ2v) is 7.07. The Morgan fingerprint density at radius 1 is 0.629 bits per heavy atom. The zero-order valence-electron chi connectivity index (χ0n) is 17.7. The summed E-state index contributed by atoms with van der Waals surface area (Å²) in [6.45, 7) is 0. The quantitative estimate of drug-likeness (QED) is 0.104. The standard InChI is InChI=1S/2C12H9FN2OS.Ni/c2*13-10-5-2-1-4-9(10)8-14-15-12(17)11-6-3-7-16-11;/h2*1-8H,(H,15,17);/q;;+2/p-2/b2*14-8+;. The molecule has 0 unspecified atom stereocenters. The van der Waals surface area contributed by atoms with Gasteiger partial charge in [0, 0.05) is 11.1 Å². The van der Waals surface area contributed by atoms with Gasteiger partial charge in [0.1, 0.15) is 23.2 Å². The molecule has 2 heterocycles. The molecular formula is C24H16F2N4NiO2S2. The molecule has 0 bridgehead atoms. The van der Waals surface area contributed by atoms with Crippen molar-refractivity contribution in [3.05, 3.63) is 120 Å². The van der Waals surface area contributed by atoms with E-state index in [0.717, 1.165) is 0 Å². The summed E-state index contributed by atoms with van der Waals surface area (Å²) in [6.07, 6.45) is 5.62. The maximum absolute atomic E-state index is 13.2. The number of furan rings is 2. The molecule has 180 valence electrons. The Balaban J connectivity index is 0.000000240. The molecular weight excluding hydrogens is 537 g/mol. The molecule has 0 saturated carbocycles. The van der Waals surface area contributed by atoms with Gasteiger partial charge >= 0.3 is 16.5 Å². The summed E-state index contributed by atoms with van der Waals surface area (Å²) >= 11 is 9.91. The maximum Gasteiger partial charge on any atom is 2.00 e. The minimum absolute atomic E-state index is 0. The predicted molar refractivity (Wildman–Crippen MR) is 133 cm³/mol. The first-order valence-electron chi connectivity index (χ1n) is 9.67. The van der Waals surface area contributed by atoms with Gasteiger partial charge in [-0.15, -0.1) is 0 Å². The summed E-state index contributed by atoms with van der Waals surface area (Å²) in [6, 6.07) is 19.3. The fraction of sp³-hybridized carbons (Fsp3) is 0. The van der Waals surface area contributed by atoms with Crippen LogP contribution >= 0.6 is 0 Å². The van der Waals surface area contributed by atoms with Gasteiger partial charge in [0.25, 0.3) is 0 Å². The molecule has 0 amide bonds. The normalized spacial score (nSPS) is 11.8. The third-order valence-electron chi connectivity index (χ3n) is 3.97. The van der Waals surface area contributed by atoms with Crippen LogP contribution in [0.25, 0.3) is 0 Å². The molecule has 4 rings (SSSR count). The molecule has 0 saturated heterocycles. The molecule has 0 fully saturated rings. The third kappa shape index (κ3) is 8.97. The molecule has 0 N–H and O–H groups in total. The van der Waals surface area contributed by atoms with Crippen LogP contribution in [-0.2, 0) is 41.7 Å². The van der Waals surface area contributed by atoms with E-state index < -0.39 is 0 Å². The van der Waals surface area contributed by atoms with E-state index >= 15 is 0 Å². The Bertz CT molecular complexity index is 1210. The van der Waals surface area contributed by atoms with Crippen LogP contribution in [-0.4, -0.2) is 22.5 Å². The smallest absolute Gasteiger partial charge is 0.755 e. The van der Waals surface area contributed by atoms with Crippen molar-refractivity contribution in [3.63, 3.8) is 0 Å². The second kappa shape index (κ2) is 14.7. The number of nitrogens with zero attached hydrogens (tertiary/aromatic N) is 4. The number of hydrogen-bond acceptors (Lipinski definition) is 8. The van der Waals surface area contributed by atoms with Crippen LogP contribution in [0.3, 0.4) is 0 Å². The molecule has 2 aromatic heterocycles. The van der Waals surface area contributed by atoms with Crippen LogP contribution in [0.15, 0.2) is 115 Å². The van der Waals surface area contributed by atoms with Gasteiger partial charge < -0.3 is 34.1 Å². The number of hydrogen-bond donors (Lipinski definition) is 0. The van der Waals surface area contributed by atoms with E-state index in [9.17, 15) is 8.78 Å². The van der Waals surface area contributed by atoms with Crippen molar-refractivity contribution in [2.24, 2.45) is 20.4 Å². The van der Waals surface area contributed by atoms with Gasteiger partial charge in [-0.1, -0.05) is 36.4 Å². The first kappa shape index (κ1) is 27.7. The molecule has 2 aromatic carbocycles. The number of halogens is 2. The van der Waals surface area contributed by atoms with Crippen molar-refractivity contribution < 1.29 is 34.1 Å². The Kier molecular flexibility index (Phi) is 11.6. The zero-order chi connectivity index (χ0) is 24.2. The van der Waals surface area contributed by atoms with Crippen LogP contribution in [0.2, 0.25) is 0 Å². The third-order valence-corrected chi connectivity index (χ3v) is 4.53. The molecule has 4 aromatic rings. The van der Waals surface area contributed by atoms with Gasteiger partial charge in [0.05, 0.1) is 25.0 Å². The molecule has 6 nitrogen and oxygen atoms in total. The van der Waals surface area contributed by atoms with Gasteiger partial charge in [-0.05, 0) is 46.5 Å². The van der Waals surface area contributed by atoms with Gasteiger partial charge in [-0.3, -0.25) is 0 Å². The van der Waals surface area contributed by atoms with E-state index in [4.69, 9.17) is 34.1 Å². The molecule has 0 aliphatic rings. The molecule has 0 atom stereocenters. The number of benzene rings is 2. The monoisotopic (exact) mass is 552 g/mol. The van der Waals surface area contributed by atoms with E-state index in [2.05, 4.69) is 20.4 Å². The average Bonchev–Trinajstić information content (AvgIpc) is 3.57. The topological polar surface area (TPSA) is 75.7 Å². The Morgan fingerprint density at radius 3 is 1.37 bits per heavy atom. The zero-order valence-corrected chi connectivity index (χ0v) is 20.4. The van der Waals surface area contributed by atoms with Crippen molar-refractivity contribution in [1.82, 2.24) is 0 Å². The van der Waals surface area contributed by atoms with Crippen LogP contribution in [0.4, 0.5) is 8.78 Å². The van der Waals surface area contributed by atoms with Crippen molar-refractivity contribution in [2.45, 2.75) is 0 Å². The van der Waals surface area contributed by atoms with Crippen LogP contribution in [0.5, 0.6) is 0 Å². The van der Waals surface area contributed by atoms with E-state index in [1.165, 1.54) is 37.1 Å². The fourth-order valence-corrected chi connectivity index (χ4v) is 2.67. The van der Waals surface area contributed by atoms with Crippen molar-refractivity contribution in [3.8, 4) is 0 Å². The average molecular weight is 553 g/mol. The molecule has 11 heteroatoms. The summed E-state index contributed by atoms with van der Waals surface area (Å²) in [5.74, 6) is 0.224. The summed E-state index contributed by atoms with van der Waals surface area (Å²) in [5.41, 5.74) is 0.719. The van der Waals surface area contributed by atoms with Crippen LogP contribution in [0, 0.1) is 11.6 Å². The maximum atomic E-state index is 13.2. The first-order valence-corrected chi connectivity index (χ1v) is 10.5. The van der Waals surface area contributed by atoms with Crippen molar-refractivity contribution >= 4 is 47.8 Å². The summed E-state index contributed by atoms with van der Waals surface area (Å²) in [5, 5.41) is 15.4. The fourth-order valence-electron chi connectivity index (χ4n) is 2.35. The first-order chi connectivity index (χ1) is 16.5. The van der Waals surface area contributed by atoms with Crippen molar-refractivity contribution in [1.29, 1.82) is 0 Å². The van der Waals surface area contributed by atoms with Crippen LogP contribution < -0.4 is 0 Å². The Morgan fingerprint density at radius 2 is 1.03 bits per heavy atom. The summed E-state index contributed by atoms with van der Waals surface area (Å²) in [4.78, 5) is 0. The van der Waals surface area contributed by atoms with E-state index in [1.54, 1.807) is 60.7 Å². The largest absolute Gasteiger partial charge is 2.00 e. The van der Waals surface area contributed by atoms with E-state index in [-0.39, 0.29) is 38.2 Å². The van der Waals surface area contributed by atoms with E-state index in [1.807, 2.05) is 0 Å². The van der Waals surface area contributed by atoms with Gasteiger partial charge in [-0.25, -0.2) is 8.78 Å². The molecule has 0 aliphatic carbocycles. The summed E-state index contributed by atoms with van der Waals surface area (Å²) in [7, 11) is 0. The number of rotatable bonds is 6. The van der Waals surface area contributed by atoms with Gasteiger partial charge in [-0.2, -0.15) is 20.4 Å². The second-order valence-electron chi connectivity index (χ2n) is 6.30. The molecule has 0 aliphatic heterocycles. The summed E-state index contributed by atoms with van der Waals surface area (Å²) < 4.78 is 36.5. The minimum atomic E-state index is -0.352. The predicted octanol–water partition coefficient (Wildman–Crippen LogP) is 5.49. The Labute approximate surface area is 221 Å². The van der Waals surface area contributed by atoms with E-state index in [0.29, 0.717) is 22.6 Å². The SMILES string of the molecule is Fc1ccccc1/C=N/N=C(\[S-])c1ccco1.Fc1ccccc1/C=N/N=C(\[S-])c1ccco1.[Ni+2]. The Hall–Kier alpha value is -3.53. The van der Waals surface area contributed by atoms with Crippen LogP contribution in [0.1, 0.15) is 22.6 Å². The van der Waals surface area contributed by atoms with Gasteiger partial charge in [0.15, 0.2) is 0 Å².